The van der Waals surface area contributed by atoms with Gasteiger partial charge in [0.25, 0.3) is 0 Å². The molecule has 0 aliphatic rings. The van der Waals surface area contributed by atoms with Gasteiger partial charge in [-0.1, -0.05) is 29.8 Å². The van der Waals surface area contributed by atoms with Gasteiger partial charge < -0.3 is 5.32 Å². The second-order valence-electron chi connectivity index (χ2n) is 5.00. The van der Waals surface area contributed by atoms with Crippen LogP contribution in [0.3, 0.4) is 0 Å². The number of unbranched alkanes of at least 4 members (excludes halogenated alkanes) is 1. The fourth-order valence-corrected chi connectivity index (χ4v) is 3.22. The number of pyridine rings is 1. The summed E-state index contributed by atoms with van der Waals surface area (Å²) in [4.78, 5) is 4.53. The molecule has 0 bridgehead atoms. The number of rotatable bonds is 8. The number of hydrogen-bond acceptors (Lipinski definition) is 4. The zero-order chi connectivity index (χ0) is 16.5. The first-order chi connectivity index (χ1) is 11.1. The van der Waals surface area contributed by atoms with Crippen LogP contribution in [0.25, 0.3) is 0 Å². The zero-order valence-electron chi connectivity index (χ0n) is 12.7. The van der Waals surface area contributed by atoms with Gasteiger partial charge in [-0.05, 0) is 43.5 Å². The van der Waals surface area contributed by atoms with Crippen LogP contribution in [0.4, 0.5) is 0 Å². The van der Waals surface area contributed by atoms with Crippen molar-refractivity contribution in [1.29, 1.82) is 0 Å². The third-order valence-electron chi connectivity index (χ3n) is 3.26. The summed E-state index contributed by atoms with van der Waals surface area (Å²) in [7, 11) is -3.37. The number of nitrogens with one attached hydrogen (secondary N) is 1. The Hall–Kier alpha value is -1.85. The van der Waals surface area contributed by atoms with Crippen molar-refractivity contribution in [2.75, 3.05) is 6.54 Å². The molecule has 1 N–H and O–H groups in total. The molecule has 0 saturated heterocycles. The van der Waals surface area contributed by atoms with Gasteiger partial charge in [-0.2, -0.15) is 0 Å². The molecule has 2 rings (SSSR count). The molecule has 0 atom stereocenters. The van der Waals surface area contributed by atoms with E-state index < -0.39 is 9.84 Å². The lowest BCUT2D eigenvalue weighted by Crippen LogP contribution is -2.08. The van der Waals surface area contributed by atoms with Gasteiger partial charge in [-0.25, -0.2) is 8.42 Å². The number of aryl methyl sites for hydroxylation is 1. The molecule has 1 aromatic carbocycles. The van der Waals surface area contributed by atoms with E-state index in [9.17, 15) is 8.42 Å². The highest BCUT2D eigenvalue weighted by atomic mass is 35.5. The topological polar surface area (TPSA) is 59.1 Å². The Morgan fingerprint density at radius 2 is 1.87 bits per heavy atom. The highest BCUT2D eigenvalue weighted by molar-refractivity contribution is 7.94. The maximum atomic E-state index is 12.0. The van der Waals surface area contributed by atoms with Crippen LogP contribution in [0.2, 0.25) is 5.02 Å². The van der Waals surface area contributed by atoms with E-state index in [0.29, 0.717) is 16.5 Å². The van der Waals surface area contributed by atoms with Crippen LogP contribution < -0.4 is 5.32 Å². The van der Waals surface area contributed by atoms with Crippen LogP contribution in [0.15, 0.2) is 65.2 Å². The van der Waals surface area contributed by atoms with Crippen molar-refractivity contribution in [1.82, 2.24) is 10.3 Å². The monoisotopic (exact) mass is 350 g/mol. The summed E-state index contributed by atoms with van der Waals surface area (Å²) < 4.78 is 24.0. The van der Waals surface area contributed by atoms with Crippen molar-refractivity contribution in [3.05, 3.63) is 71.0 Å². The number of aromatic nitrogens is 1. The molecule has 1 aromatic heterocycles. The van der Waals surface area contributed by atoms with E-state index in [0.717, 1.165) is 25.0 Å². The van der Waals surface area contributed by atoms with Gasteiger partial charge in [0.05, 0.1) is 21.0 Å². The van der Waals surface area contributed by atoms with Crippen molar-refractivity contribution >= 4 is 21.4 Å². The third-order valence-corrected chi connectivity index (χ3v) is 5.02. The Labute approximate surface area is 142 Å². The number of halogens is 1. The molecule has 0 unspecified atom stereocenters. The average molecular weight is 351 g/mol. The molecule has 0 amide bonds. The van der Waals surface area contributed by atoms with Crippen molar-refractivity contribution in [2.45, 2.75) is 24.2 Å². The number of nitrogens with zero attached hydrogens (tertiary/aromatic N) is 1. The minimum atomic E-state index is -3.37. The quantitative estimate of drug-likeness (QED) is 0.739. The largest absolute Gasteiger partial charge is 0.390 e. The van der Waals surface area contributed by atoms with Crippen LogP contribution in [-0.4, -0.2) is 19.9 Å². The number of sulfone groups is 1. The van der Waals surface area contributed by atoms with Crippen molar-refractivity contribution < 1.29 is 8.42 Å². The molecule has 23 heavy (non-hydrogen) atoms. The molecule has 2 aromatic rings. The Morgan fingerprint density at radius 1 is 1.09 bits per heavy atom. The van der Waals surface area contributed by atoms with E-state index >= 15 is 0 Å². The van der Waals surface area contributed by atoms with Crippen molar-refractivity contribution in [2.24, 2.45) is 0 Å². The number of benzene rings is 1. The van der Waals surface area contributed by atoms with Crippen LogP contribution in [0.5, 0.6) is 0 Å². The highest BCUT2D eigenvalue weighted by Crippen LogP contribution is 2.14. The Kier molecular flexibility index (Phi) is 6.62. The lowest BCUT2D eigenvalue weighted by atomic mass is 10.2. The summed E-state index contributed by atoms with van der Waals surface area (Å²) in [5.74, 6) is 0. The van der Waals surface area contributed by atoms with Gasteiger partial charge >= 0.3 is 0 Å². The standard InChI is InChI=1S/C17H19ClN2O2S/c18-16-9-6-12-20-17(16)10-4-5-11-19-13-14-23(21,22)15-7-2-1-3-8-15/h1-3,6-9,12-14,19H,4-5,10-11H2/b14-13+. The Balaban J connectivity index is 1.70. The maximum Gasteiger partial charge on any atom is 0.201 e. The predicted molar refractivity (Wildman–Crippen MR) is 93.0 cm³/mol. The van der Waals surface area contributed by atoms with Crippen molar-refractivity contribution in [3.63, 3.8) is 0 Å². The van der Waals surface area contributed by atoms with Gasteiger partial charge in [-0.3, -0.25) is 4.98 Å². The maximum absolute atomic E-state index is 12.0. The van der Waals surface area contributed by atoms with Gasteiger partial charge in [0.2, 0.25) is 9.84 Å². The first kappa shape index (κ1) is 17.5. The first-order valence-corrected chi connectivity index (χ1v) is 9.31. The molecule has 4 nitrogen and oxygen atoms in total. The van der Waals surface area contributed by atoms with E-state index in [1.807, 2.05) is 12.1 Å². The van der Waals surface area contributed by atoms with Gasteiger partial charge in [0, 0.05) is 18.9 Å². The van der Waals surface area contributed by atoms with Crippen LogP contribution in [-0.2, 0) is 16.3 Å². The molecule has 0 radical (unpaired) electrons. The normalized spacial score (nSPS) is 11.7. The zero-order valence-corrected chi connectivity index (χ0v) is 14.2. The molecule has 0 fully saturated rings. The fourth-order valence-electron chi connectivity index (χ4n) is 2.03. The Morgan fingerprint density at radius 3 is 2.61 bits per heavy atom. The van der Waals surface area contributed by atoms with E-state index in [-0.39, 0.29) is 0 Å². The molecule has 1 heterocycles. The predicted octanol–water partition coefficient (Wildman–Crippen LogP) is 3.59. The third kappa shape index (κ3) is 5.69. The second kappa shape index (κ2) is 8.70. The lowest BCUT2D eigenvalue weighted by molar-refractivity contribution is 0.604. The Bertz CT molecular complexity index is 746. The van der Waals surface area contributed by atoms with Gasteiger partial charge in [-0.15, -0.1) is 0 Å². The average Bonchev–Trinajstić information content (AvgIpc) is 2.56. The van der Waals surface area contributed by atoms with Crippen LogP contribution >= 0.6 is 11.6 Å². The van der Waals surface area contributed by atoms with E-state index in [1.54, 1.807) is 36.5 Å². The first-order valence-electron chi connectivity index (χ1n) is 7.39. The van der Waals surface area contributed by atoms with E-state index in [4.69, 9.17) is 11.6 Å². The minimum absolute atomic E-state index is 0.294. The molecule has 0 spiro atoms. The lowest BCUT2D eigenvalue weighted by Gasteiger charge is -2.03. The molecule has 122 valence electrons. The SMILES string of the molecule is O=S(=O)(/C=C/NCCCCc1ncccc1Cl)c1ccccc1. The van der Waals surface area contributed by atoms with Crippen molar-refractivity contribution in [3.8, 4) is 0 Å². The van der Waals surface area contributed by atoms with Gasteiger partial charge in [0.1, 0.15) is 0 Å². The molecular formula is C17H19ClN2O2S. The fraction of sp³-hybridized carbons (Fsp3) is 0.235. The molecule has 6 heteroatoms. The molecular weight excluding hydrogens is 332 g/mol. The molecule has 0 saturated carbocycles. The molecule has 0 aliphatic carbocycles. The molecule has 0 aliphatic heterocycles. The highest BCUT2D eigenvalue weighted by Gasteiger charge is 2.08. The summed E-state index contributed by atoms with van der Waals surface area (Å²) in [5.41, 5.74) is 0.899. The summed E-state index contributed by atoms with van der Waals surface area (Å²) in [5, 5.41) is 4.88. The van der Waals surface area contributed by atoms with Crippen LogP contribution in [0.1, 0.15) is 18.5 Å². The van der Waals surface area contributed by atoms with E-state index in [1.165, 1.54) is 11.6 Å². The summed E-state index contributed by atoms with van der Waals surface area (Å²) in [6.07, 6.45) is 5.87. The van der Waals surface area contributed by atoms with E-state index in [2.05, 4.69) is 10.3 Å². The minimum Gasteiger partial charge on any atom is -0.390 e. The number of hydrogen-bond donors (Lipinski definition) is 1. The smallest absolute Gasteiger partial charge is 0.201 e. The summed E-state index contributed by atoms with van der Waals surface area (Å²) in [6, 6.07) is 12.0. The summed E-state index contributed by atoms with van der Waals surface area (Å²) in [6.45, 7) is 0.700. The van der Waals surface area contributed by atoms with Crippen LogP contribution in [0, 0.1) is 0 Å². The second-order valence-corrected chi connectivity index (χ2v) is 7.24. The van der Waals surface area contributed by atoms with Gasteiger partial charge in [0.15, 0.2) is 0 Å². The summed E-state index contributed by atoms with van der Waals surface area (Å²) >= 11 is 6.04.